The molecule has 0 rings (SSSR count). The first-order valence-corrected chi connectivity index (χ1v) is 12.9. The van der Waals surface area contributed by atoms with Crippen molar-refractivity contribution in [1.29, 1.82) is 0 Å². The summed E-state index contributed by atoms with van der Waals surface area (Å²) in [7, 11) is 0. The maximum atomic E-state index is 11.8. The lowest BCUT2D eigenvalue weighted by Gasteiger charge is -2.23. The van der Waals surface area contributed by atoms with Crippen LogP contribution in [-0.4, -0.2) is 127 Å². The van der Waals surface area contributed by atoms with Gasteiger partial charge in [-0.25, -0.2) is 0 Å². The van der Waals surface area contributed by atoms with Gasteiger partial charge in [0.2, 0.25) is 0 Å². The second kappa shape index (κ2) is 20.9. The monoisotopic (exact) mass is 552 g/mol. The van der Waals surface area contributed by atoms with E-state index in [0.29, 0.717) is 12.8 Å². The van der Waals surface area contributed by atoms with Gasteiger partial charge in [-0.3, -0.25) is 9.59 Å². The quantitative estimate of drug-likeness (QED) is 0.0436. The van der Waals surface area contributed by atoms with Gasteiger partial charge in [0.1, 0.15) is 36.6 Å². The number of nitrogens with one attached hydrogen (secondary N) is 2. The van der Waals surface area contributed by atoms with Crippen molar-refractivity contribution >= 4 is 24.4 Å². The van der Waals surface area contributed by atoms with Gasteiger partial charge in [-0.1, -0.05) is 51.4 Å². The second-order valence-electron chi connectivity index (χ2n) is 9.22. The standard InChI is InChI=1S/C24H44N2O12/c27-13-15(29)17(31)19(33)21(35)23(37)25-11-9-7-5-3-1-2-4-6-8-10-12-26-24(38)22(36)20(34)18(32)16(30)14-28/h13-22,29-36H,1-12H2,(H,25,37)(H,26,38)/t15-,16-,17-,18-,19-,20+,21-,22+/m1/s1. The Balaban J connectivity index is 3.71. The largest absolute Gasteiger partial charge is 0.387 e. The summed E-state index contributed by atoms with van der Waals surface area (Å²) in [5, 5.41) is 80.7. The number of carbonyl (C=O) groups is 4. The second-order valence-corrected chi connectivity index (χ2v) is 9.22. The number of hydrogen-bond donors (Lipinski definition) is 10. The van der Waals surface area contributed by atoms with E-state index in [4.69, 9.17) is 10.2 Å². The first kappa shape index (κ1) is 36.0. The maximum absolute atomic E-state index is 11.8. The fraction of sp³-hybridized carbons (Fsp3) is 0.833. The highest BCUT2D eigenvalue weighted by Crippen LogP contribution is 2.11. The summed E-state index contributed by atoms with van der Waals surface area (Å²) in [6.07, 6.45) is -6.74. The number of amides is 2. The number of rotatable bonds is 23. The third-order valence-electron chi connectivity index (χ3n) is 6.06. The fourth-order valence-corrected chi connectivity index (χ4v) is 3.55. The molecule has 0 aromatic heterocycles. The Bertz CT molecular complexity index is 627. The molecule has 14 heteroatoms. The molecule has 0 aliphatic rings. The normalized spacial score (nSPS) is 17.8. The number of unbranched alkanes of at least 4 members (excludes halogenated alkanes) is 9. The molecule has 10 N–H and O–H groups in total. The Morgan fingerprint density at radius 1 is 0.474 bits per heavy atom. The molecule has 0 aliphatic heterocycles. The lowest BCUT2D eigenvalue weighted by Crippen LogP contribution is -2.51. The molecule has 8 atom stereocenters. The van der Waals surface area contributed by atoms with Crippen LogP contribution in [0.1, 0.15) is 64.2 Å². The van der Waals surface area contributed by atoms with E-state index in [1.165, 1.54) is 0 Å². The molecule has 38 heavy (non-hydrogen) atoms. The summed E-state index contributed by atoms with van der Waals surface area (Å²) in [6, 6.07) is 0. The van der Waals surface area contributed by atoms with Gasteiger partial charge in [-0.05, 0) is 12.8 Å². The summed E-state index contributed by atoms with van der Waals surface area (Å²) < 4.78 is 0. The first-order valence-electron chi connectivity index (χ1n) is 12.9. The van der Waals surface area contributed by atoms with E-state index in [1.807, 2.05) is 0 Å². The van der Waals surface area contributed by atoms with Crippen molar-refractivity contribution < 1.29 is 60.0 Å². The number of carbonyl (C=O) groups excluding carboxylic acids is 4. The van der Waals surface area contributed by atoms with Gasteiger partial charge in [0.15, 0.2) is 24.8 Å². The smallest absolute Gasteiger partial charge is 0.251 e. The Morgan fingerprint density at radius 3 is 1.00 bits per heavy atom. The van der Waals surface area contributed by atoms with Crippen LogP contribution in [0.3, 0.4) is 0 Å². The highest BCUT2D eigenvalue weighted by atomic mass is 16.4. The van der Waals surface area contributed by atoms with Gasteiger partial charge in [0, 0.05) is 13.1 Å². The Morgan fingerprint density at radius 2 is 0.737 bits per heavy atom. The zero-order valence-electron chi connectivity index (χ0n) is 21.5. The molecule has 0 unspecified atom stereocenters. The Labute approximate surface area is 221 Å². The van der Waals surface area contributed by atoms with Crippen LogP contribution in [0.2, 0.25) is 0 Å². The lowest BCUT2D eigenvalue weighted by atomic mass is 10.0. The van der Waals surface area contributed by atoms with Gasteiger partial charge < -0.3 is 61.1 Å². The molecule has 222 valence electrons. The van der Waals surface area contributed by atoms with Crippen LogP contribution >= 0.6 is 0 Å². The molecule has 14 nitrogen and oxygen atoms in total. The fourth-order valence-electron chi connectivity index (χ4n) is 3.55. The zero-order chi connectivity index (χ0) is 29.1. The molecule has 0 spiro atoms. The van der Waals surface area contributed by atoms with Crippen molar-refractivity contribution in [2.45, 2.75) is 113 Å². The minimum absolute atomic E-state index is 0.00818. The van der Waals surface area contributed by atoms with Crippen LogP contribution in [0.4, 0.5) is 0 Å². The molecule has 0 aromatic rings. The van der Waals surface area contributed by atoms with Crippen LogP contribution in [0.5, 0.6) is 0 Å². The maximum Gasteiger partial charge on any atom is 0.251 e. The van der Waals surface area contributed by atoms with Gasteiger partial charge in [0.25, 0.3) is 11.8 Å². The Kier molecular flexibility index (Phi) is 19.7. The topological polar surface area (TPSA) is 254 Å². The Hall–Kier alpha value is -2.04. The summed E-state index contributed by atoms with van der Waals surface area (Å²) >= 11 is 0. The minimum atomic E-state index is -1.99. The first-order chi connectivity index (χ1) is 18.0. The third kappa shape index (κ3) is 14.2. The van der Waals surface area contributed by atoms with Crippen LogP contribution in [0, 0.1) is 0 Å². The lowest BCUT2D eigenvalue weighted by molar-refractivity contribution is -0.149. The molecular formula is C24H44N2O12. The van der Waals surface area contributed by atoms with Crippen molar-refractivity contribution in [2.24, 2.45) is 0 Å². The number of aliphatic hydroxyl groups excluding tert-OH is 8. The van der Waals surface area contributed by atoms with Crippen molar-refractivity contribution in [3.05, 3.63) is 0 Å². The molecule has 0 aliphatic carbocycles. The molecule has 0 saturated carbocycles. The highest BCUT2D eigenvalue weighted by molar-refractivity contribution is 5.81. The minimum Gasteiger partial charge on any atom is -0.387 e. The molecule has 0 fully saturated rings. The van der Waals surface area contributed by atoms with Gasteiger partial charge >= 0.3 is 0 Å². The predicted molar refractivity (Wildman–Crippen MR) is 132 cm³/mol. The molecule has 0 saturated heterocycles. The van der Waals surface area contributed by atoms with Crippen LogP contribution in [0.25, 0.3) is 0 Å². The van der Waals surface area contributed by atoms with Gasteiger partial charge in [-0.15, -0.1) is 0 Å². The molecule has 0 radical (unpaired) electrons. The summed E-state index contributed by atoms with van der Waals surface area (Å²) in [5.41, 5.74) is 0. The van der Waals surface area contributed by atoms with E-state index < -0.39 is 60.6 Å². The van der Waals surface area contributed by atoms with Crippen LogP contribution < -0.4 is 10.6 Å². The van der Waals surface area contributed by atoms with Gasteiger partial charge in [0.05, 0.1) is 0 Å². The van der Waals surface area contributed by atoms with Crippen molar-refractivity contribution in [1.82, 2.24) is 10.6 Å². The third-order valence-corrected chi connectivity index (χ3v) is 6.06. The van der Waals surface area contributed by atoms with Gasteiger partial charge in [-0.2, -0.15) is 0 Å². The average molecular weight is 553 g/mol. The molecule has 0 heterocycles. The van der Waals surface area contributed by atoms with E-state index in [0.717, 1.165) is 51.4 Å². The summed E-state index contributed by atoms with van der Waals surface area (Å²) in [4.78, 5) is 44.3. The van der Waals surface area contributed by atoms with Crippen molar-refractivity contribution in [3.63, 3.8) is 0 Å². The zero-order valence-corrected chi connectivity index (χ0v) is 21.5. The SMILES string of the molecule is O=C[C@@H](O)[C@@H](O)[C@@H](O)[C@@H](O)C(=O)NCCCCCCCCCCCCNC(=O)[C@@H](O)[C@@H](O)[C@H](O)[C@H](O)C=O. The average Bonchev–Trinajstić information content (AvgIpc) is 2.93. The van der Waals surface area contributed by atoms with E-state index in [1.54, 1.807) is 0 Å². The van der Waals surface area contributed by atoms with E-state index in [2.05, 4.69) is 10.6 Å². The molecule has 2 amide bonds. The van der Waals surface area contributed by atoms with E-state index in [-0.39, 0.29) is 25.7 Å². The summed E-state index contributed by atoms with van der Waals surface area (Å²) in [5.74, 6) is -1.81. The van der Waals surface area contributed by atoms with Crippen molar-refractivity contribution in [2.75, 3.05) is 13.1 Å². The molecular weight excluding hydrogens is 508 g/mol. The summed E-state index contributed by atoms with van der Waals surface area (Å²) in [6.45, 7) is 0.533. The number of aldehydes is 2. The number of hydrogen-bond acceptors (Lipinski definition) is 12. The molecule has 0 bridgehead atoms. The molecule has 0 aromatic carbocycles. The predicted octanol–water partition coefficient (Wildman–Crippen LogP) is -3.60. The van der Waals surface area contributed by atoms with Crippen LogP contribution in [-0.2, 0) is 19.2 Å². The van der Waals surface area contributed by atoms with Crippen molar-refractivity contribution in [3.8, 4) is 0 Å². The van der Waals surface area contributed by atoms with Crippen LogP contribution in [0.15, 0.2) is 0 Å². The van der Waals surface area contributed by atoms with E-state index >= 15 is 0 Å². The number of aliphatic hydroxyl groups is 8. The van der Waals surface area contributed by atoms with E-state index in [9.17, 15) is 49.8 Å². The highest BCUT2D eigenvalue weighted by Gasteiger charge is 2.35.